The number of aromatic nitrogens is 2. The molecule has 134 valence electrons. The molecule has 3 rings (SSSR count). The van der Waals surface area contributed by atoms with Gasteiger partial charge in [0.15, 0.2) is 0 Å². The zero-order valence-electron chi connectivity index (χ0n) is 15.3. The van der Waals surface area contributed by atoms with Crippen molar-refractivity contribution < 1.29 is 0 Å². The topological polar surface area (TPSA) is 41.1 Å². The van der Waals surface area contributed by atoms with Crippen molar-refractivity contribution >= 4 is 17.7 Å². The Kier molecular flexibility index (Phi) is 6.78. The largest absolute Gasteiger partial charge is 0.341 e. The van der Waals surface area contributed by atoms with E-state index in [9.17, 15) is 0 Å². The lowest BCUT2D eigenvalue weighted by Gasteiger charge is -2.28. The minimum atomic E-state index is 0.333. The van der Waals surface area contributed by atoms with Gasteiger partial charge in [-0.15, -0.1) is 0 Å². The highest BCUT2D eigenvalue weighted by molar-refractivity contribution is 7.99. The summed E-state index contributed by atoms with van der Waals surface area (Å²) >= 11 is 2.08. The van der Waals surface area contributed by atoms with Gasteiger partial charge in [-0.3, -0.25) is 0 Å². The van der Waals surface area contributed by atoms with Gasteiger partial charge in [0.2, 0.25) is 5.95 Å². The third kappa shape index (κ3) is 4.85. The maximum Gasteiger partial charge on any atom is 0.225 e. The summed E-state index contributed by atoms with van der Waals surface area (Å²) in [5.41, 5.74) is 2.39. The Labute approximate surface area is 151 Å². The van der Waals surface area contributed by atoms with Gasteiger partial charge in [0.25, 0.3) is 0 Å². The van der Waals surface area contributed by atoms with E-state index in [2.05, 4.69) is 42.0 Å². The molecule has 0 saturated carbocycles. The lowest BCUT2D eigenvalue weighted by molar-refractivity contribution is 0.429. The Balaban J connectivity index is 1.64. The van der Waals surface area contributed by atoms with Crippen LogP contribution in [0.4, 0.5) is 5.95 Å². The molecule has 5 heteroatoms. The van der Waals surface area contributed by atoms with E-state index in [0.29, 0.717) is 12.1 Å². The highest BCUT2D eigenvalue weighted by Gasteiger charge is 2.19. The fourth-order valence-electron chi connectivity index (χ4n) is 3.80. The van der Waals surface area contributed by atoms with E-state index in [1.165, 1.54) is 62.0 Å². The Morgan fingerprint density at radius 1 is 1.12 bits per heavy atom. The molecule has 2 aliphatic rings. The number of hydrogen-bond donors (Lipinski definition) is 1. The summed E-state index contributed by atoms with van der Waals surface area (Å²) in [6, 6.07) is 0.981. The average Bonchev–Trinajstić information content (AvgIpc) is 2.55. The molecule has 0 radical (unpaired) electrons. The molecule has 0 aliphatic carbocycles. The van der Waals surface area contributed by atoms with E-state index in [1.807, 2.05) is 0 Å². The normalized spacial score (nSPS) is 22.0. The van der Waals surface area contributed by atoms with Crippen LogP contribution in [-0.4, -0.2) is 40.6 Å². The van der Waals surface area contributed by atoms with E-state index in [1.54, 1.807) is 0 Å². The number of thioether (sulfide) groups is 1. The van der Waals surface area contributed by atoms with Crippen LogP contribution < -0.4 is 10.2 Å². The van der Waals surface area contributed by atoms with Crippen molar-refractivity contribution in [3.8, 4) is 0 Å². The van der Waals surface area contributed by atoms with Gasteiger partial charge >= 0.3 is 0 Å². The highest BCUT2D eigenvalue weighted by atomic mass is 32.2. The summed E-state index contributed by atoms with van der Waals surface area (Å²) in [5, 5.41) is 3.79. The maximum atomic E-state index is 4.85. The van der Waals surface area contributed by atoms with Crippen LogP contribution in [0, 0.1) is 6.92 Å². The quantitative estimate of drug-likeness (QED) is 0.887. The Morgan fingerprint density at radius 3 is 2.46 bits per heavy atom. The summed E-state index contributed by atoms with van der Waals surface area (Å²) in [5.74, 6) is 3.50. The number of nitrogens with zero attached hydrogens (tertiary/aromatic N) is 3. The van der Waals surface area contributed by atoms with Gasteiger partial charge in [-0.05, 0) is 51.0 Å². The zero-order chi connectivity index (χ0) is 16.8. The molecule has 1 N–H and O–H groups in total. The molecule has 3 heterocycles. The standard InChI is InChI=1S/C19H32N4S/c1-15(21-17-8-12-24-13-9-17)18-14-20-19(22-16(18)2)23-10-6-4-3-5-7-11-23/h14-15,17,21H,3-13H2,1-2H3/t15-/m1/s1. The molecule has 0 aromatic carbocycles. The van der Waals surface area contributed by atoms with Crippen molar-refractivity contribution in [2.75, 3.05) is 29.5 Å². The molecule has 0 amide bonds. The lowest BCUT2D eigenvalue weighted by atomic mass is 10.1. The molecule has 2 fully saturated rings. The molecule has 0 unspecified atom stereocenters. The second-order valence-corrected chi connectivity index (χ2v) is 8.47. The molecule has 0 spiro atoms. The third-order valence-corrected chi connectivity index (χ3v) is 6.37. The molecule has 4 nitrogen and oxygen atoms in total. The molecule has 24 heavy (non-hydrogen) atoms. The van der Waals surface area contributed by atoms with Gasteiger partial charge in [-0.25, -0.2) is 9.97 Å². The van der Waals surface area contributed by atoms with Crippen LogP contribution in [0.25, 0.3) is 0 Å². The molecule has 2 saturated heterocycles. The van der Waals surface area contributed by atoms with Gasteiger partial charge in [-0.1, -0.05) is 19.3 Å². The monoisotopic (exact) mass is 348 g/mol. The van der Waals surface area contributed by atoms with Crippen molar-refractivity contribution in [2.24, 2.45) is 0 Å². The van der Waals surface area contributed by atoms with Crippen LogP contribution in [0.2, 0.25) is 0 Å². The van der Waals surface area contributed by atoms with Gasteiger partial charge in [0, 0.05) is 42.6 Å². The molecule has 0 bridgehead atoms. The molecule has 2 aliphatic heterocycles. The third-order valence-electron chi connectivity index (χ3n) is 5.32. The summed E-state index contributed by atoms with van der Waals surface area (Å²) < 4.78 is 0. The Hall–Kier alpha value is -0.810. The van der Waals surface area contributed by atoms with Crippen LogP contribution in [0.3, 0.4) is 0 Å². The minimum Gasteiger partial charge on any atom is -0.341 e. The summed E-state index contributed by atoms with van der Waals surface area (Å²) in [4.78, 5) is 12.0. The van der Waals surface area contributed by atoms with Crippen molar-refractivity contribution in [1.82, 2.24) is 15.3 Å². The minimum absolute atomic E-state index is 0.333. The average molecular weight is 349 g/mol. The van der Waals surface area contributed by atoms with E-state index in [4.69, 9.17) is 9.97 Å². The zero-order valence-corrected chi connectivity index (χ0v) is 16.1. The number of rotatable bonds is 4. The number of anilines is 1. The fourth-order valence-corrected chi connectivity index (χ4v) is 4.90. The number of nitrogens with one attached hydrogen (secondary N) is 1. The van der Waals surface area contributed by atoms with E-state index >= 15 is 0 Å². The van der Waals surface area contributed by atoms with Gasteiger partial charge in [0.1, 0.15) is 0 Å². The second-order valence-electron chi connectivity index (χ2n) is 7.24. The first kappa shape index (κ1) is 18.0. The highest BCUT2D eigenvalue weighted by Crippen LogP contribution is 2.23. The van der Waals surface area contributed by atoms with Gasteiger partial charge in [0.05, 0.1) is 0 Å². The van der Waals surface area contributed by atoms with E-state index in [-0.39, 0.29) is 0 Å². The Bertz CT molecular complexity index is 508. The Morgan fingerprint density at radius 2 is 1.79 bits per heavy atom. The van der Waals surface area contributed by atoms with Crippen LogP contribution >= 0.6 is 11.8 Å². The van der Waals surface area contributed by atoms with E-state index in [0.717, 1.165) is 24.7 Å². The van der Waals surface area contributed by atoms with Crippen molar-refractivity contribution in [3.05, 3.63) is 17.5 Å². The molecular weight excluding hydrogens is 316 g/mol. The van der Waals surface area contributed by atoms with Crippen LogP contribution in [0.5, 0.6) is 0 Å². The predicted molar refractivity (Wildman–Crippen MR) is 104 cm³/mol. The summed E-state index contributed by atoms with van der Waals surface area (Å²) in [6.45, 7) is 6.60. The predicted octanol–water partition coefficient (Wildman–Crippen LogP) is 4.10. The first-order chi connectivity index (χ1) is 11.7. The van der Waals surface area contributed by atoms with Gasteiger partial charge < -0.3 is 10.2 Å². The number of aryl methyl sites for hydroxylation is 1. The van der Waals surface area contributed by atoms with Crippen molar-refractivity contribution in [1.29, 1.82) is 0 Å². The summed E-state index contributed by atoms with van der Waals surface area (Å²) in [7, 11) is 0. The SMILES string of the molecule is Cc1nc(N2CCCCCCC2)ncc1[C@@H](C)NC1CCSCC1. The molecule has 1 aromatic rings. The summed E-state index contributed by atoms with van der Waals surface area (Å²) in [6.07, 6.45) is 11.2. The smallest absolute Gasteiger partial charge is 0.225 e. The maximum absolute atomic E-state index is 4.85. The van der Waals surface area contributed by atoms with Crippen LogP contribution in [0.15, 0.2) is 6.20 Å². The van der Waals surface area contributed by atoms with Crippen LogP contribution in [-0.2, 0) is 0 Å². The lowest BCUT2D eigenvalue weighted by Crippen LogP contribution is -2.35. The van der Waals surface area contributed by atoms with Crippen molar-refractivity contribution in [2.45, 2.75) is 70.9 Å². The molecular formula is C19H32N4S. The first-order valence-electron chi connectivity index (χ1n) is 9.66. The molecule has 1 atom stereocenters. The first-order valence-corrected chi connectivity index (χ1v) is 10.8. The second kappa shape index (κ2) is 9.04. The van der Waals surface area contributed by atoms with Crippen LogP contribution in [0.1, 0.15) is 69.2 Å². The number of hydrogen-bond acceptors (Lipinski definition) is 5. The fraction of sp³-hybridized carbons (Fsp3) is 0.789. The van der Waals surface area contributed by atoms with E-state index < -0.39 is 0 Å². The van der Waals surface area contributed by atoms with Crippen molar-refractivity contribution in [3.63, 3.8) is 0 Å². The van der Waals surface area contributed by atoms with Gasteiger partial charge in [-0.2, -0.15) is 11.8 Å². The molecule has 1 aromatic heterocycles.